The molecule has 3 rings (SSSR count). The molecule has 1 atom stereocenters. The lowest BCUT2D eigenvalue weighted by Gasteiger charge is -2.37. The van der Waals surface area contributed by atoms with E-state index in [1.807, 2.05) is 25.1 Å². The Hall–Kier alpha value is -2.31. The number of urea groups is 1. The molecule has 0 aliphatic carbocycles. The summed E-state index contributed by atoms with van der Waals surface area (Å²) in [7, 11) is 0. The highest BCUT2D eigenvalue weighted by atomic mass is 16.2. The Labute approximate surface area is 142 Å². The molecule has 2 N–H and O–H groups in total. The molecule has 0 bridgehead atoms. The average Bonchev–Trinajstić information content (AvgIpc) is 2.63. The van der Waals surface area contributed by atoms with Crippen molar-refractivity contribution >= 4 is 17.8 Å². The van der Waals surface area contributed by atoms with Crippen molar-refractivity contribution in [3.63, 3.8) is 0 Å². The fraction of sp³-hybridized carbons (Fsp3) is 0.588. The van der Waals surface area contributed by atoms with Crippen molar-refractivity contribution in [2.45, 2.75) is 38.3 Å². The van der Waals surface area contributed by atoms with Crippen LogP contribution in [0.5, 0.6) is 0 Å². The van der Waals surface area contributed by atoms with E-state index in [4.69, 9.17) is 0 Å². The third kappa shape index (κ3) is 3.60. The normalized spacial score (nSPS) is 22.2. The largest absolute Gasteiger partial charge is 0.356 e. The third-order valence-electron chi connectivity index (χ3n) is 4.77. The second-order valence-electron chi connectivity index (χ2n) is 6.31. The number of carbonyl (C=O) groups is 2. The van der Waals surface area contributed by atoms with Gasteiger partial charge in [-0.1, -0.05) is 13.0 Å². The maximum Gasteiger partial charge on any atom is 0.318 e. The van der Waals surface area contributed by atoms with Crippen LogP contribution in [0.4, 0.5) is 10.6 Å². The molecule has 1 aromatic rings. The predicted octanol–water partition coefficient (Wildman–Crippen LogP) is 0.970. The molecule has 3 amide bonds. The SMILES string of the molecule is CC[C@H]1C(=O)NCCN1C(=O)NC1CCN(c2ccccn2)CC1. The lowest BCUT2D eigenvalue weighted by molar-refractivity contribution is -0.127. The summed E-state index contributed by atoms with van der Waals surface area (Å²) in [5.41, 5.74) is 0. The van der Waals surface area contributed by atoms with Crippen molar-refractivity contribution in [1.82, 2.24) is 20.5 Å². The summed E-state index contributed by atoms with van der Waals surface area (Å²) in [5, 5.41) is 5.93. The van der Waals surface area contributed by atoms with Crippen molar-refractivity contribution < 1.29 is 9.59 Å². The Morgan fingerprint density at radius 3 is 2.79 bits per heavy atom. The van der Waals surface area contributed by atoms with Gasteiger partial charge in [-0.2, -0.15) is 0 Å². The number of aromatic nitrogens is 1. The van der Waals surface area contributed by atoms with E-state index in [-0.39, 0.29) is 24.0 Å². The summed E-state index contributed by atoms with van der Waals surface area (Å²) in [5.74, 6) is 0.935. The van der Waals surface area contributed by atoms with Gasteiger partial charge in [-0.05, 0) is 31.4 Å². The number of hydrogen-bond acceptors (Lipinski definition) is 4. The Kier molecular flexibility index (Phi) is 5.17. The zero-order valence-electron chi connectivity index (χ0n) is 14.1. The van der Waals surface area contributed by atoms with Gasteiger partial charge in [-0.15, -0.1) is 0 Å². The van der Waals surface area contributed by atoms with Crippen molar-refractivity contribution in [1.29, 1.82) is 0 Å². The number of rotatable bonds is 3. The fourth-order valence-corrected chi connectivity index (χ4v) is 3.41. The molecule has 7 heteroatoms. The fourth-order valence-electron chi connectivity index (χ4n) is 3.41. The second kappa shape index (κ2) is 7.51. The van der Waals surface area contributed by atoms with Gasteiger partial charge in [0.25, 0.3) is 0 Å². The van der Waals surface area contributed by atoms with E-state index >= 15 is 0 Å². The van der Waals surface area contributed by atoms with Crippen LogP contribution in [0.1, 0.15) is 26.2 Å². The number of carbonyl (C=O) groups excluding carboxylic acids is 2. The molecule has 130 valence electrons. The van der Waals surface area contributed by atoms with E-state index in [9.17, 15) is 9.59 Å². The number of nitrogens with zero attached hydrogens (tertiary/aromatic N) is 3. The van der Waals surface area contributed by atoms with Gasteiger partial charge in [0.1, 0.15) is 11.9 Å². The quantitative estimate of drug-likeness (QED) is 0.865. The molecule has 0 aromatic carbocycles. The van der Waals surface area contributed by atoms with Gasteiger partial charge in [0.15, 0.2) is 0 Å². The van der Waals surface area contributed by atoms with Gasteiger partial charge in [0, 0.05) is 38.4 Å². The molecular formula is C17H25N5O2. The minimum Gasteiger partial charge on any atom is -0.356 e. The minimum absolute atomic E-state index is 0.0520. The van der Waals surface area contributed by atoms with Gasteiger partial charge in [-0.3, -0.25) is 4.79 Å². The van der Waals surface area contributed by atoms with Gasteiger partial charge in [-0.25, -0.2) is 9.78 Å². The first-order valence-corrected chi connectivity index (χ1v) is 8.70. The molecule has 24 heavy (non-hydrogen) atoms. The maximum absolute atomic E-state index is 12.5. The Bertz CT molecular complexity index is 572. The first-order valence-electron chi connectivity index (χ1n) is 8.70. The molecular weight excluding hydrogens is 306 g/mol. The van der Waals surface area contributed by atoms with Crippen LogP contribution in [0.15, 0.2) is 24.4 Å². The Morgan fingerprint density at radius 2 is 2.12 bits per heavy atom. The van der Waals surface area contributed by atoms with Gasteiger partial charge >= 0.3 is 6.03 Å². The van der Waals surface area contributed by atoms with E-state index in [0.29, 0.717) is 19.5 Å². The van der Waals surface area contributed by atoms with Gasteiger partial charge in [0.05, 0.1) is 0 Å². The predicted molar refractivity (Wildman–Crippen MR) is 91.8 cm³/mol. The highest BCUT2D eigenvalue weighted by Crippen LogP contribution is 2.18. The summed E-state index contributed by atoms with van der Waals surface area (Å²) in [6.07, 6.45) is 4.21. The number of nitrogens with one attached hydrogen (secondary N) is 2. The number of pyridine rings is 1. The monoisotopic (exact) mass is 331 g/mol. The topological polar surface area (TPSA) is 77.6 Å². The van der Waals surface area contributed by atoms with Gasteiger partial charge < -0.3 is 20.4 Å². The van der Waals surface area contributed by atoms with E-state index < -0.39 is 0 Å². The molecule has 2 aliphatic rings. The second-order valence-corrected chi connectivity index (χ2v) is 6.31. The lowest BCUT2D eigenvalue weighted by Crippen LogP contribution is -2.60. The van der Waals surface area contributed by atoms with Crippen LogP contribution in [-0.2, 0) is 4.79 Å². The van der Waals surface area contributed by atoms with Crippen molar-refractivity contribution in [3.05, 3.63) is 24.4 Å². The van der Waals surface area contributed by atoms with E-state index in [1.54, 1.807) is 11.1 Å². The summed E-state index contributed by atoms with van der Waals surface area (Å²) in [6.45, 7) is 4.78. The smallest absolute Gasteiger partial charge is 0.318 e. The van der Waals surface area contributed by atoms with Crippen LogP contribution in [0, 0.1) is 0 Å². The van der Waals surface area contributed by atoms with E-state index in [2.05, 4.69) is 20.5 Å². The molecule has 2 saturated heterocycles. The van der Waals surface area contributed by atoms with Crippen LogP contribution in [0.2, 0.25) is 0 Å². The van der Waals surface area contributed by atoms with Crippen LogP contribution < -0.4 is 15.5 Å². The van der Waals surface area contributed by atoms with Crippen molar-refractivity contribution in [2.75, 3.05) is 31.1 Å². The molecule has 0 radical (unpaired) electrons. The van der Waals surface area contributed by atoms with Crippen LogP contribution in [0.3, 0.4) is 0 Å². The minimum atomic E-state index is -0.354. The summed E-state index contributed by atoms with van der Waals surface area (Å²) in [6, 6.07) is 5.59. The first kappa shape index (κ1) is 16.5. The molecule has 2 fully saturated rings. The zero-order valence-corrected chi connectivity index (χ0v) is 14.1. The zero-order chi connectivity index (χ0) is 16.9. The summed E-state index contributed by atoms with van der Waals surface area (Å²) < 4.78 is 0. The standard InChI is InChI=1S/C17H25N5O2/c1-2-14-16(23)19-9-12-22(14)17(24)20-13-6-10-21(11-7-13)15-5-3-4-8-18-15/h3-5,8,13-14H,2,6-7,9-12H2,1H3,(H,19,23)(H,20,24)/t14-/m0/s1. The molecule has 2 aliphatic heterocycles. The number of anilines is 1. The Balaban J connectivity index is 1.52. The Morgan fingerprint density at radius 1 is 1.33 bits per heavy atom. The summed E-state index contributed by atoms with van der Waals surface area (Å²) in [4.78, 5) is 32.7. The van der Waals surface area contributed by atoms with Crippen LogP contribution in [-0.4, -0.2) is 60.1 Å². The number of hydrogen-bond donors (Lipinski definition) is 2. The maximum atomic E-state index is 12.5. The lowest BCUT2D eigenvalue weighted by atomic mass is 10.0. The molecule has 0 spiro atoms. The molecule has 0 saturated carbocycles. The highest BCUT2D eigenvalue weighted by Gasteiger charge is 2.33. The highest BCUT2D eigenvalue weighted by molar-refractivity contribution is 5.88. The third-order valence-corrected chi connectivity index (χ3v) is 4.77. The van der Waals surface area contributed by atoms with Crippen LogP contribution in [0.25, 0.3) is 0 Å². The van der Waals surface area contributed by atoms with Gasteiger partial charge in [0.2, 0.25) is 5.91 Å². The van der Waals surface area contributed by atoms with E-state index in [0.717, 1.165) is 31.7 Å². The number of piperazine rings is 1. The van der Waals surface area contributed by atoms with Crippen LogP contribution >= 0.6 is 0 Å². The number of piperidine rings is 1. The number of amides is 3. The molecule has 1 aromatic heterocycles. The molecule has 0 unspecified atom stereocenters. The molecule has 3 heterocycles. The van der Waals surface area contributed by atoms with Crippen molar-refractivity contribution in [2.24, 2.45) is 0 Å². The van der Waals surface area contributed by atoms with E-state index in [1.165, 1.54) is 0 Å². The summed E-state index contributed by atoms with van der Waals surface area (Å²) >= 11 is 0. The first-order chi connectivity index (χ1) is 11.7. The van der Waals surface area contributed by atoms with Crippen molar-refractivity contribution in [3.8, 4) is 0 Å². The average molecular weight is 331 g/mol. The molecule has 7 nitrogen and oxygen atoms in total.